The molecular weight excluding hydrogens is 767 g/mol. The zero-order valence-corrected chi connectivity index (χ0v) is 41.8. The minimum absolute atomic E-state index is 0.0702. The normalized spacial score (nSPS) is 13.3. The molecule has 3 N–H and O–H groups in total. The average molecular weight is 874 g/mol. The number of esters is 1. The summed E-state index contributed by atoms with van der Waals surface area (Å²) in [4.78, 5) is 26.2. The van der Waals surface area contributed by atoms with Gasteiger partial charge in [0.05, 0.1) is 25.2 Å². The lowest BCUT2D eigenvalue weighted by atomic mass is 10.0. The lowest BCUT2D eigenvalue weighted by molar-refractivity contribution is -0.151. The van der Waals surface area contributed by atoms with Crippen molar-refractivity contribution in [1.82, 2.24) is 5.32 Å². The SMILES string of the molecule is CCCCCCCC/C=C/CCCCCCCC(CC(=O)NC(CO)C(O)CCCCCCCCCCCCCCCC)OC(=O)CCCCC/C=C\CCCCCCCCC. The quantitative estimate of drug-likeness (QED) is 0.0321. The van der Waals surface area contributed by atoms with Crippen LogP contribution in [0.25, 0.3) is 0 Å². The molecule has 0 aliphatic carbocycles. The predicted octanol–water partition coefficient (Wildman–Crippen LogP) is 16.7. The van der Waals surface area contributed by atoms with Crippen molar-refractivity contribution in [3.8, 4) is 0 Å². The molecule has 0 spiro atoms. The molecular formula is C56H107NO5. The summed E-state index contributed by atoms with van der Waals surface area (Å²) in [6, 6.07) is -0.703. The van der Waals surface area contributed by atoms with Gasteiger partial charge in [0.25, 0.3) is 0 Å². The third-order valence-electron chi connectivity index (χ3n) is 12.8. The topological polar surface area (TPSA) is 95.9 Å². The van der Waals surface area contributed by atoms with Crippen molar-refractivity contribution in [2.45, 2.75) is 315 Å². The molecule has 0 rings (SSSR count). The molecule has 6 heteroatoms. The summed E-state index contributed by atoms with van der Waals surface area (Å²) in [6.07, 6.45) is 58.1. The molecule has 0 aromatic rings. The lowest BCUT2D eigenvalue weighted by Crippen LogP contribution is -2.46. The Morgan fingerprint density at radius 3 is 1.15 bits per heavy atom. The summed E-state index contributed by atoms with van der Waals surface area (Å²) in [5, 5.41) is 23.8. The number of unbranched alkanes of at least 4 members (excludes halogenated alkanes) is 34. The number of aliphatic hydroxyl groups excluding tert-OH is 2. The number of aliphatic hydroxyl groups is 2. The van der Waals surface area contributed by atoms with Gasteiger partial charge in [-0.1, -0.05) is 231 Å². The Morgan fingerprint density at radius 2 is 0.774 bits per heavy atom. The highest BCUT2D eigenvalue weighted by molar-refractivity contribution is 5.77. The van der Waals surface area contributed by atoms with Crippen LogP contribution in [0.1, 0.15) is 297 Å². The molecule has 6 nitrogen and oxygen atoms in total. The summed E-state index contributed by atoms with van der Waals surface area (Å²) in [5.41, 5.74) is 0. The van der Waals surface area contributed by atoms with Crippen LogP contribution in [0.3, 0.4) is 0 Å². The number of allylic oxidation sites excluding steroid dienone is 4. The van der Waals surface area contributed by atoms with E-state index >= 15 is 0 Å². The maximum atomic E-state index is 13.2. The lowest BCUT2D eigenvalue weighted by Gasteiger charge is -2.24. The fourth-order valence-corrected chi connectivity index (χ4v) is 8.54. The van der Waals surface area contributed by atoms with E-state index in [9.17, 15) is 19.8 Å². The van der Waals surface area contributed by atoms with Crippen LogP contribution in [0.15, 0.2) is 24.3 Å². The first kappa shape index (κ1) is 60.3. The molecule has 3 unspecified atom stereocenters. The van der Waals surface area contributed by atoms with Crippen LogP contribution in [-0.4, -0.2) is 46.9 Å². The van der Waals surface area contributed by atoms with E-state index in [2.05, 4.69) is 50.4 Å². The number of rotatable bonds is 50. The molecule has 0 saturated carbocycles. The highest BCUT2D eigenvalue weighted by Crippen LogP contribution is 2.18. The average Bonchev–Trinajstić information content (AvgIpc) is 3.26. The van der Waals surface area contributed by atoms with E-state index in [1.807, 2.05) is 0 Å². The second-order valence-corrected chi connectivity index (χ2v) is 19.0. The number of carbonyl (C=O) groups is 2. The van der Waals surface area contributed by atoms with Crippen LogP contribution in [0.2, 0.25) is 0 Å². The van der Waals surface area contributed by atoms with Gasteiger partial charge in [0.2, 0.25) is 5.91 Å². The molecule has 3 atom stereocenters. The zero-order valence-electron chi connectivity index (χ0n) is 41.8. The van der Waals surface area contributed by atoms with E-state index < -0.39 is 18.2 Å². The van der Waals surface area contributed by atoms with Crippen LogP contribution >= 0.6 is 0 Å². The predicted molar refractivity (Wildman–Crippen MR) is 269 cm³/mol. The third kappa shape index (κ3) is 44.9. The molecule has 0 bridgehead atoms. The Hall–Kier alpha value is -1.66. The minimum Gasteiger partial charge on any atom is -0.462 e. The van der Waals surface area contributed by atoms with Crippen molar-refractivity contribution in [1.29, 1.82) is 0 Å². The van der Waals surface area contributed by atoms with Gasteiger partial charge < -0.3 is 20.3 Å². The summed E-state index contributed by atoms with van der Waals surface area (Å²) in [7, 11) is 0. The Kier molecular flexibility index (Phi) is 49.0. The summed E-state index contributed by atoms with van der Waals surface area (Å²) < 4.78 is 5.94. The number of hydrogen-bond donors (Lipinski definition) is 3. The monoisotopic (exact) mass is 874 g/mol. The number of ether oxygens (including phenoxy) is 1. The van der Waals surface area contributed by atoms with Crippen molar-refractivity contribution in [2.24, 2.45) is 0 Å². The molecule has 1 amide bonds. The number of carbonyl (C=O) groups excluding carboxylic acids is 2. The van der Waals surface area contributed by atoms with Gasteiger partial charge in [0.15, 0.2) is 0 Å². The van der Waals surface area contributed by atoms with Crippen molar-refractivity contribution in [3.05, 3.63) is 24.3 Å². The second kappa shape index (κ2) is 50.3. The largest absolute Gasteiger partial charge is 0.462 e. The van der Waals surface area contributed by atoms with Gasteiger partial charge in [0, 0.05) is 6.42 Å². The van der Waals surface area contributed by atoms with Crippen LogP contribution in [0.5, 0.6) is 0 Å². The van der Waals surface area contributed by atoms with E-state index in [0.29, 0.717) is 19.3 Å². The Morgan fingerprint density at radius 1 is 0.452 bits per heavy atom. The number of nitrogens with one attached hydrogen (secondary N) is 1. The molecule has 0 saturated heterocycles. The molecule has 0 aromatic heterocycles. The van der Waals surface area contributed by atoms with Crippen molar-refractivity contribution in [3.63, 3.8) is 0 Å². The van der Waals surface area contributed by atoms with Crippen molar-refractivity contribution in [2.75, 3.05) is 6.61 Å². The van der Waals surface area contributed by atoms with E-state index in [1.165, 1.54) is 186 Å². The molecule has 366 valence electrons. The van der Waals surface area contributed by atoms with Gasteiger partial charge in [0.1, 0.15) is 6.10 Å². The fourth-order valence-electron chi connectivity index (χ4n) is 8.54. The molecule has 0 aliphatic heterocycles. The Balaban J connectivity index is 4.57. The number of amides is 1. The zero-order chi connectivity index (χ0) is 45.2. The second-order valence-electron chi connectivity index (χ2n) is 19.0. The first-order valence-corrected chi connectivity index (χ1v) is 27.6. The van der Waals surface area contributed by atoms with Gasteiger partial charge in [-0.25, -0.2) is 0 Å². The minimum atomic E-state index is -0.789. The summed E-state index contributed by atoms with van der Waals surface area (Å²) in [6.45, 7) is 6.50. The van der Waals surface area contributed by atoms with E-state index in [-0.39, 0.29) is 24.9 Å². The first-order chi connectivity index (χ1) is 30.5. The van der Waals surface area contributed by atoms with Gasteiger partial charge in [-0.15, -0.1) is 0 Å². The van der Waals surface area contributed by atoms with Crippen molar-refractivity contribution >= 4 is 11.9 Å². The smallest absolute Gasteiger partial charge is 0.306 e. The maximum absolute atomic E-state index is 13.2. The van der Waals surface area contributed by atoms with Crippen LogP contribution in [-0.2, 0) is 14.3 Å². The molecule has 0 radical (unpaired) electrons. The van der Waals surface area contributed by atoms with Crippen LogP contribution in [0.4, 0.5) is 0 Å². The van der Waals surface area contributed by atoms with Crippen molar-refractivity contribution < 1.29 is 24.5 Å². The van der Waals surface area contributed by atoms with Gasteiger partial charge in [-0.05, 0) is 77.0 Å². The fraction of sp³-hybridized carbons (Fsp3) is 0.893. The molecule has 0 fully saturated rings. The van der Waals surface area contributed by atoms with Gasteiger partial charge in [-0.2, -0.15) is 0 Å². The molecule has 0 heterocycles. The standard InChI is InChI=1S/C56H107NO5/c1-4-7-10-13-16-19-22-25-28-29-32-35-38-41-44-47-52(62-56(61)49-46-43-40-37-34-31-27-24-21-18-15-12-9-6-3)50-55(60)57-53(51-58)54(59)48-45-42-39-36-33-30-26-23-20-17-14-11-8-5-2/h25,28,31,34,52-54,58-59H,4-24,26-27,29-30,32-33,35-51H2,1-3H3,(H,57,60)/b28-25+,34-31-. The highest BCUT2D eigenvalue weighted by Gasteiger charge is 2.24. The van der Waals surface area contributed by atoms with Gasteiger partial charge >= 0.3 is 5.97 Å². The maximum Gasteiger partial charge on any atom is 0.306 e. The Labute approximate surface area is 386 Å². The van der Waals surface area contributed by atoms with Crippen LogP contribution in [0, 0.1) is 0 Å². The van der Waals surface area contributed by atoms with E-state index in [4.69, 9.17) is 4.74 Å². The highest BCUT2D eigenvalue weighted by atomic mass is 16.5. The molecule has 62 heavy (non-hydrogen) atoms. The van der Waals surface area contributed by atoms with Gasteiger partial charge in [-0.3, -0.25) is 9.59 Å². The first-order valence-electron chi connectivity index (χ1n) is 27.6. The van der Waals surface area contributed by atoms with E-state index in [1.54, 1.807) is 0 Å². The van der Waals surface area contributed by atoms with Crippen LogP contribution < -0.4 is 5.32 Å². The molecule has 0 aromatic carbocycles. The Bertz CT molecular complexity index is 981. The summed E-state index contributed by atoms with van der Waals surface area (Å²) >= 11 is 0. The molecule has 0 aliphatic rings. The summed E-state index contributed by atoms with van der Waals surface area (Å²) in [5.74, 6) is -0.487. The third-order valence-corrected chi connectivity index (χ3v) is 12.8. The van der Waals surface area contributed by atoms with E-state index in [0.717, 1.165) is 64.2 Å². The number of hydrogen-bond acceptors (Lipinski definition) is 5.